The quantitative estimate of drug-likeness (QED) is 0.298. The summed E-state index contributed by atoms with van der Waals surface area (Å²) in [6.45, 7) is 6.99. The first kappa shape index (κ1) is 31.5. The number of nitrogens with two attached hydrogens (primary N) is 1. The van der Waals surface area contributed by atoms with E-state index in [9.17, 15) is 39.6 Å². The zero-order valence-electron chi connectivity index (χ0n) is 26.1. The molecule has 1 aromatic rings. The number of aliphatic hydroxyl groups is 3. The van der Waals surface area contributed by atoms with E-state index in [1.54, 1.807) is 39.2 Å². The first-order valence-corrected chi connectivity index (χ1v) is 14.6. The molecule has 0 radical (unpaired) electrons. The maximum absolute atomic E-state index is 14.2. The van der Waals surface area contributed by atoms with Gasteiger partial charge in [-0.3, -0.25) is 29.0 Å². The van der Waals surface area contributed by atoms with E-state index in [4.69, 9.17) is 5.73 Å². The lowest BCUT2D eigenvalue weighted by Gasteiger charge is -2.50. The number of rotatable bonds is 4. The van der Waals surface area contributed by atoms with E-state index < -0.39 is 63.8 Å². The lowest BCUT2D eigenvalue weighted by Crippen LogP contribution is -2.65. The van der Waals surface area contributed by atoms with Crippen LogP contribution in [0.3, 0.4) is 0 Å². The van der Waals surface area contributed by atoms with Gasteiger partial charge in [-0.25, -0.2) is 0 Å². The fourth-order valence-electron chi connectivity index (χ4n) is 7.38. The van der Waals surface area contributed by atoms with Gasteiger partial charge in [0.1, 0.15) is 17.1 Å². The maximum atomic E-state index is 14.2. The molecule has 0 bridgehead atoms. The number of carbonyl (C=O) groups excluding carboxylic acids is 4. The molecule has 2 fully saturated rings. The highest BCUT2D eigenvalue weighted by Gasteiger charge is 2.64. The summed E-state index contributed by atoms with van der Waals surface area (Å²) in [6, 6.07) is 0.535. The van der Waals surface area contributed by atoms with Crippen molar-refractivity contribution in [3.63, 3.8) is 0 Å². The van der Waals surface area contributed by atoms with Crippen LogP contribution in [0.5, 0.6) is 5.75 Å². The van der Waals surface area contributed by atoms with Crippen LogP contribution in [0.25, 0.3) is 5.76 Å². The van der Waals surface area contributed by atoms with E-state index in [1.165, 1.54) is 9.80 Å². The number of fused-ring (bicyclic) bond motifs is 3. The molecule has 4 atom stereocenters. The highest BCUT2D eigenvalue weighted by Crippen LogP contribution is 2.55. The second-order valence-electron chi connectivity index (χ2n) is 13.6. The summed E-state index contributed by atoms with van der Waals surface area (Å²) in [5, 5.41) is 46.3. The number of Topliss-reactive ketones (excluding diaryl/α,β-unsaturated/α-hetero) is 2. The number of amides is 2. The molecular weight excluding hydrogens is 570 g/mol. The Balaban J connectivity index is 1.69. The third kappa shape index (κ3) is 4.39. The van der Waals surface area contributed by atoms with Crippen LogP contribution < -0.4 is 15.5 Å². The Kier molecular flexibility index (Phi) is 7.38. The molecule has 5 rings (SSSR count). The minimum Gasteiger partial charge on any atom is -0.508 e. The topological polar surface area (TPSA) is 188 Å². The van der Waals surface area contributed by atoms with Crippen LogP contribution in [0, 0.1) is 11.8 Å². The SMILES string of the molecule is CN(C)c1cc(N2CCN(C(C)(C)C)CC2=O)c(O)c2c1CC1CC3[C@H](N(C)C)C(=O)C(C(N)=O)=C(O)[C@@]3(O)C(=O)C1=C2O. The Labute approximate surface area is 255 Å². The molecule has 0 spiro atoms. The van der Waals surface area contributed by atoms with Gasteiger partial charge < -0.3 is 36.0 Å². The van der Waals surface area contributed by atoms with Crippen molar-refractivity contribution in [3.05, 3.63) is 34.1 Å². The zero-order valence-corrected chi connectivity index (χ0v) is 26.1. The van der Waals surface area contributed by atoms with Gasteiger partial charge in [0.25, 0.3) is 5.91 Å². The third-order valence-electron chi connectivity index (χ3n) is 9.62. The van der Waals surface area contributed by atoms with Crippen molar-refractivity contribution in [1.29, 1.82) is 0 Å². The smallest absolute Gasteiger partial charge is 0.255 e. The summed E-state index contributed by atoms with van der Waals surface area (Å²) in [7, 11) is 6.68. The molecule has 13 nitrogen and oxygen atoms in total. The van der Waals surface area contributed by atoms with Crippen LogP contribution in [0.2, 0.25) is 0 Å². The molecule has 2 amide bonds. The molecular formula is C31H41N5O8. The Morgan fingerprint density at radius 3 is 2.23 bits per heavy atom. The fourth-order valence-corrected chi connectivity index (χ4v) is 7.38. The number of likely N-dealkylation sites (N-methyl/N-ethyl adjacent to an activating group) is 1. The van der Waals surface area contributed by atoms with Crippen molar-refractivity contribution in [2.24, 2.45) is 17.6 Å². The largest absolute Gasteiger partial charge is 0.508 e. The number of piperazine rings is 1. The van der Waals surface area contributed by atoms with E-state index in [1.807, 2.05) is 25.7 Å². The molecule has 1 saturated heterocycles. The first-order chi connectivity index (χ1) is 20.3. The Hall–Kier alpha value is -3.94. The molecule has 1 saturated carbocycles. The summed E-state index contributed by atoms with van der Waals surface area (Å²) < 4.78 is 0. The average Bonchev–Trinajstić information content (AvgIpc) is 2.90. The highest BCUT2D eigenvalue weighted by atomic mass is 16.3. The number of primary amides is 1. The zero-order chi connectivity index (χ0) is 32.8. The lowest BCUT2D eigenvalue weighted by atomic mass is 9.57. The standard InChI is InChI=1S/C31H41N5O8/c1-30(2,3)35-8-9-36(19(37)13-35)18-12-17(33(4)5)15-10-14-11-16-23(34(6)7)26(40)22(29(32)43)28(42)31(16,44)27(41)20(14)25(39)21(15)24(18)38/h12,14,16,23,38-39,42,44H,8-11,13H2,1-7H3,(H2,32,43)/t14?,16?,23-,31-/m0/s1. The number of aliphatic hydroxyl groups excluding tert-OH is 2. The number of phenolic OH excluding ortho intramolecular Hbond substituents is 1. The first-order valence-electron chi connectivity index (χ1n) is 14.6. The molecule has 0 aromatic heterocycles. The van der Waals surface area contributed by atoms with Crippen molar-refractivity contribution in [1.82, 2.24) is 9.80 Å². The summed E-state index contributed by atoms with van der Waals surface area (Å²) in [4.78, 5) is 59.8. The lowest BCUT2D eigenvalue weighted by molar-refractivity contribution is -0.153. The molecule has 238 valence electrons. The van der Waals surface area contributed by atoms with Crippen LogP contribution in [-0.4, -0.2) is 119 Å². The fraction of sp³-hybridized carbons (Fsp3) is 0.548. The van der Waals surface area contributed by atoms with Crippen molar-refractivity contribution in [2.75, 3.05) is 57.6 Å². The molecule has 1 heterocycles. The molecule has 1 aliphatic heterocycles. The van der Waals surface area contributed by atoms with Gasteiger partial charge in [-0.05, 0) is 65.3 Å². The van der Waals surface area contributed by atoms with E-state index in [2.05, 4.69) is 0 Å². The number of benzene rings is 1. The molecule has 13 heteroatoms. The number of phenols is 1. The van der Waals surface area contributed by atoms with Gasteiger partial charge in [-0.1, -0.05) is 0 Å². The summed E-state index contributed by atoms with van der Waals surface area (Å²) in [5.41, 5.74) is 2.61. The predicted octanol–water partition coefficient (Wildman–Crippen LogP) is 0.477. The van der Waals surface area contributed by atoms with E-state index in [-0.39, 0.29) is 54.2 Å². The van der Waals surface area contributed by atoms with Gasteiger partial charge in [-0.15, -0.1) is 0 Å². The van der Waals surface area contributed by atoms with Gasteiger partial charge >= 0.3 is 0 Å². The molecule has 4 aliphatic rings. The number of hydrogen-bond acceptors (Lipinski definition) is 11. The highest BCUT2D eigenvalue weighted by molar-refractivity contribution is 6.24. The van der Waals surface area contributed by atoms with E-state index in [0.717, 1.165) is 0 Å². The Morgan fingerprint density at radius 1 is 1.07 bits per heavy atom. The van der Waals surface area contributed by atoms with E-state index in [0.29, 0.717) is 17.8 Å². The minimum atomic E-state index is -2.72. The van der Waals surface area contributed by atoms with Crippen molar-refractivity contribution < 1.29 is 39.6 Å². The molecule has 6 N–H and O–H groups in total. The van der Waals surface area contributed by atoms with Crippen molar-refractivity contribution in [3.8, 4) is 5.75 Å². The van der Waals surface area contributed by atoms with Crippen molar-refractivity contribution in [2.45, 2.75) is 50.8 Å². The number of aromatic hydroxyl groups is 1. The van der Waals surface area contributed by atoms with Crippen LogP contribution in [0.1, 0.15) is 38.3 Å². The van der Waals surface area contributed by atoms with Gasteiger partial charge in [0.05, 0.1) is 23.8 Å². The number of anilines is 2. The number of hydrogen-bond donors (Lipinski definition) is 5. The Bertz CT molecular complexity index is 1550. The van der Waals surface area contributed by atoms with Crippen LogP contribution in [0.4, 0.5) is 11.4 Å². The molecule has 3 aliphatic carbocycles. The van der Waals surface area contributed by atoms with Crippen LogP contribution in [0.15, 0.2) is 23.0 Å². The third-order valence-corrected chi connectivity index (χ3v) is 9.62. The van der Waals surface area contributed by atoms with Crippen LogP contribution >= 0.6 is 0 Å². The molecule has 44 heavy (non-hydrogen) atoms. The summed E-state index contributed by atoms with van der Waals surface area (Å²) in [6.07, 6.45) is 0.149. The average molecular weight is 612 g/mol. The normalized spacial score (nSPS) is 27.9. The second-order valence-corrected chi connectivity index (χ2v) is 13.6. The van der Waals surface area contributed by atoms with Gasteiger partial charge in [0.15, 0.2) is 17.1 Å². The maximum Gasteiger partial charge on any atom is 0.255 e. The number of carbonyl (C=O) groups is 4. The summed E-state index contributed by atoms with van der Waals surface area (Å²) in [5.74, 6) is -7.39. The van der Waals surface area contributed by atoms with E-state index >= 15 is 0 Å². The Morgan fingerprint density at radius 2 is 1.70 bits per heavy atom. The van der Waals surface area contributed by atoms with Crippen LogP contribution in [-0.2, 0) is 25.6 Å². The predicted molar refractivity (Wildman–Crippen MR) is 162 cm³/mol. The summed E-state index contributed by atoms with van der Waals surface area (Å²) >= 11 is 0. The second kappa shape index (κ2) is 10.3. The number of ketones is 2. The van der Waals surface area contributed by atoms with Crippen molar-refractivity contribution >= 4 is 40.5 Å². The van der Waals surface area contributed by atoms with Gasteiger partial charge in [0.2, 0.25) is 11.7 Å². The van der Waals surface area contributed by atoms with Gasteiger partial charge in [-0.2, -0.15) is 0 Å². The monoisotopic (exact) mass is 611 g/mol. The molecule has 2 unspecified atom stereocenters. The van der Waals surface area contributed by atoms with Gasteiger partial charge in [0, 0.05) is 49.9 Å². The minimum absolute atomic E-state index is 0.00556. The molecule has 1 aromatic carbocycles. The number of nitrogens with zero attached hydrogens (tertiary/aromatic N) is 4.